The summed E-state index contributed by atoms with van der Waals surface area (Å²) in [6, 6.07) is 3.32. The summed E-state index contributed by atoms with van der Waals surface area (Å²) in [5, 5.41) is 1.74. The molecule has 0 aliphatic carbocycles. The molecule has 1 aromatic heterocycles. The molecule has 0 atom stereocenters. The van der Waals surface area contributed by atoms with Crippen molar-refractivity contribution in [2.24, 2.45) is 0 Å². The van der Waals surface area contributed by atoms with Crippen LogP contribution in [0.25, 0.3) is 0 Å². The molecular formula is C7H5ClO4S. The summed E-state index contributed by atoms with van der Waals surface area (Å²) in [5.41, 5.74) is -1.00. The van der Waals surface area contributed by atoms with Crippen molar-refractivity contribution in [2.75, 3.05) is 6.79 Å². The first-order valence-electron chi connectivity index (χ1n) is 3.23. The van der Waals surface area contributed by atoms with E-state index in [-0.39, 0.29) is 0 Å². The van der Waals surface area contributed by atoms with E-state index < -0.39 is 18.2 Å². The first kappa shape index (κ1) is 10.0. The number of thiophene rings is 1. The number of hydrogen-bond acceptors (Lipinski definition) is 5. The fraction of sp³-hybridized carbons (Fsp3) is 0.143. The largest absolute Gasteiger partial charge is 0.424 e. The molecule has 0 amide bonds. The Kier molecular flexibility index (Phi) is 3.72. The normalized spacial score (nSPS) is 9.31. The maximum absolute atomic E-state index is 11.0. The van der Waals surface area contributed by atoms with Gasteiger partial charge < -0.3 is 9.47 Å². The number of carbonyl (C=O) groups is 2. The van der Waals surface area contributed by atoms with Crippen LogP contribution in [0.15, 0.2) is 17.5 Å². The Morgan fingerprint density at radius 1 is 1.46 bits per heavy atom. The number of hydrogen-bond donors (Lipinski definition) is 0. The third-order valence-electron chi connectivity index (χ3n) is 1.08. The Bertz CT molecular complexity index is 295. The highest BCUT2D eigenvalue weighted by atomic mass is 35.5. The van der Waals surface area contributed by atoms with E-state index >= 15 is 0 Å². The summed E-state index contributed by atoms with van der Waals surface area (Å²) in [4.78, 5) is 21.6. The number of halogens is 1. The lowest BCUT2D eigenvalue weighted by atomic mass is 10.5. The van der Waals surface area contributed by atoms with Gasteiger partial charge in [-0.25, -0.2) is 9.59 Å². The molecule has 13 heavy (non-hydrogen) atoms. The third-order valence-corrected chi connectivity index (χ3v) is 2.04. The van der Waals surface area contributed by atoms with Gasteiger partial charge in [0.05, 0.1) is 0 Å². The van der Waals surface area contributed by atoms with Crippen molar-refractivity contribution in [2.45, 2.75) is 0 Å². The summed E-state index contributed by atoms with van der Waals surface area (Å²) in [6.07, 6.45) is 0. The van der Waals surface area contributed by atoms with Crippen molar-refractivity contribution in [3.63, 3.8) is 0 Å². The van der Waals surface area contributed by atoms with Gasteiger partial charge in [-0.05, 0) is 11.4 Å². The van der Waals surface area contributed by atoms with E-state index in [2.05, 4.69) is 9.47 Å². The highest BCUT2D eigenvalue weighted by molar-refractivity contribution is 7.11. The molecule has 0 N–H and O–H groups in total. The Morgan fingerprint density at radius 2 is 2.23 bits per heavy atom. The molecular weight excluding hydrogens is 216 g/mol. The highest BCUT2D eigenvalue weighted by Crippen LogP contribution is 2.09. The molecule has 70 valence electrons. The van der Waals surface area contributed by atoms with Gasteiger partial charge in [0.25, 0.3) is 0 Å². The van der Waals surface area contributed by atoms with Gasteiger partial charge in [-0.1, -0.05) is 6.07 Å². The third kappa shape index (κ3) is 3.43. The number of rotatable bonds is 3. The van der Waals surface area contributed by atoms with Gasteiger partial charge in [-0.15, -0.1) is 11.3 Å². The van der Waals surface area contributed by atoms with Crippen LogP contribution in [0.2, 0.25) is 0 Å². The van der Waals surface area contributed by atoms with E-state index in [1.807, 2.05) is 0 Å². The standard InChI is InChI=1S/C7H5ClO4S/c8-7(10)12-4-11-6(9)5-2-1-3-13-5/h1-3H,4H2. The first-order chi connectivity index (χ1) is 6.20. The Labute approximate surface area is 83.0 Å². The summed E-state index contributed by atoms with van der Waals surface area (Å²) in [7, 11) is 0. The van der Waals surface area contributed by atoms with Crippen LogP contribution in [0.5, 0.6) is 0 Å². The van der Waals surface area contributed by atoms with Crippen molar-refractivity contribution in [1.29, 1.82) is 0 Å². The molecule has 0 aromatic carbocycles. The van der Waals surface area contributed by atoms with Crippen LogP contribution in [0.1, 0.15) is 9.67 Å². The van der Waals surface area contributed by atoms with Crippen LogP contribution in [0.3, 0.4) is 0 Å². The van der Waals surface area contributed by atoms with Gasteiger partial charge in [-0.2, -0.15) is 0 Å². The van der Waals surface area contributed by atoms with E-state index in [0.717, 1.165) is 0 Å². The quantitative estimate of drug-likeness (QED) is 0.445. The van der Waals surface area contributed by atoms with Crippen LogP contribution >= 0.6 is 22.9 Å². The predicted octanol–water partition coefficient (Wildman–Crippen LogP) is 2.24. The highest BCUT2D eigenvalue weighted by Gasteiger charge is 2.07. The molecule has 0 unspecified atom stereocenters. The molecule has 1 rings (SSSR count). The second-order valence-corrected chi connectivity index (χ2v) is 3.17. The molecule has 0 aliphatic heterocycles. The van der Waals surface area contributed by atoms with Crippen LogP contribution in [-0.4, -0.2) is 18.2 Å². The van der Waals surface area contributed by atoms with Gasteiger partial charge in [-0.3, -0.25) is 0 Å². The predicted molar refractivity (Wildman–Crippen MR) is 46.9 cm³/mol. The summed E-state index contributed by atoms with van der Waals surface area (Å²) < 4.78 is 8.74. The van der Waals surface area contributed by atoms with E-state index in [0.29, 0.717) is 4.88 Å². The van der Waals surface area contributed by atoms with Crippen LogP contribution in [-0.2, 0) is 9.47 Å². The topological polar surface area (TPSA) is 52.6 Å². The van der Waals surface area contributed by atoms with Crippen LogP contribution in [0.4, 0.5) is 4.79 Å². The van der Waals surface area contributed by atoms with Crippen molar-refractivity contribution >= 4 is 34.3 Å². The maximum atomic E-state index is 11.0. The molecule has 0 spiro atoms. The lowest BCUT2D eigenvalue weighted by molar-refractivity contribution is 0.00420. The smallest absolute Gasteiger partial charge is 0.406 e. The lowest BCUT2D eigenvalue weighted by Gasteiger charge is -2.00. The average molecular weight is 221 g/mol. The molecule has 0 saturated heterocycles. The van der Waals surface area contributed by atoms with Gasteiger partial charge in [0.2, 0.25) is 6.79 Å². The average Bonchev–Trinajstić information content (AvgIpc) is 2.55. The Morgan fingerprint density at radius 3 is 2.77 bits per heavy atom. The molecule has 1 aromatic rings. The number of ether oxygens (including phenoxy) is 2. The SMILES string of the molecule is O=C(Cl)OCOC(=O)c1cccs1. The summed E-state index contributed by atoms with van der Waals surface area (Å²) in [6.45, 7) is -0.459. The minimum absolute atomic E-state index is 0.450. The zero-order valence-electron chi connectivity index (χ0n) is 6.36. The van der Waals surface area contributed by atoms with Crippen LogP contribution < -0.4 is 0 Å². The van der Waals surface area contributed by atoms with E-state index in [1.165, 1.54) is 11.3 Å². The summed E-state index contributed by atoms with van der Waals surface area (Å²) in [5.74, 6) is -0.534. The minimum atomic E-state index is -1.00. The zero-order chi connectivity index (χ0) is 9.68. The number of esters is 1. The van der Waals surface area contributed by atoms with Crippen molar-refractivity contribution in [1.82, 2.24) is 0 Å². The second-order valence-electron chi connectivity index (χ2n) is 1.91. The first-order valence-corrected chi connectivity index (χ1v) is 4.49. The fourth-order valence-electron chi connectivity index (χ4n) is 0.595. The molecule has 1 heterocycles. The second kappa shape index (κ2) is 4.84. The zero-order valence-corrected chi connectivity index (χ0v) is 7.93. The molecule has 6 heteroatoms. The van der Waals surface area contributed by atoms with Crippen LogP contribution in [0, 0.1) is 0 Å². The van der Waals surface area contributed by atoms with E-state index in [4.69, 9.17) is 11.6 Å². The Balaban J connectivity index is 2.31. The van der Waals surface area contributed by atoms with Crippen molar-refractivity contribution in [3.05, 3.63) is 22.4 Å². The lowest BCUT2D eigenvalue weighted by Crippen LogP contribution is -2.08. The number of carbonyl (C=O) groups excluding carboxylic acids is 2. The van der Waals surface area contributed by atoms with E-state index in [9.17, 15) is 9.59 Å². The van der Waals surface area contributed by atoms with Gasteiger partial charge in [0.1, 0.15) is 4.88 Å². The van der Waals surface area contributed by atoms with E-state index in [1.54, 1.807) is 17.5 Å². The molecule has 0 aliphatic rings. The molecule has 0 radical (unpaired) electrons. The molecule has 0 bridgehead atoms. The Hall–Kier alpha value is -1.07. The van der Waals surface area contributed by atoms with Gasteiger partial charge in [0, 0.05) is 11.6 Å². The molecule has 0 fully saturated rings. The van der Waals surface area contributed by atoms with Gasteiger partial charge >= 0.3 is 11.4 Å². The van der Waals surface area contributed by atoms with Gasteiger partial charge in [0.15, 0.2) is 0 Å². The molecule has 0 saturated carbocycles. The minimum Gasteiger partial charge on any atom is -0.424 e. The van der Waals surface area contributed by atoms with Crippen molar-refractivity contribution in [3.8, 4) is 0 Å². The monoisotopic (exact) mass is 220 g/mol. The van der Waals surface area contributed by atoms with Crippen molar-refractivity contribution < 1.29 is 19.1 Å². The fourth-order valence-corrected chi connectivity index (χ4v) is 1.26. The summed E-state index contributed by atoms with van der Waals surface area (Å²) >= 11 is 6.08. The maximum Gasteiger partial charge on any atom is 0.406 e. The molecule has 4 nitrogen and oxygen atoms in total.